The molecule has 2 rings (SSSR count). The Labute approximate surface area is 196 Å². The van der Waals surface area contributed by atoms with Gasteiger partial charge in [-0.2, -0.15) is 0 Å². The maximum absolute atomic E-state index is 11.8. The summed E-state index contributed by atoms with van der Waals surface area (Å²) in [6.07, 6.45) is 0.901. The lowest BCUT2D eigenvalue weighted by Gasteiger charge is -2.12. The van der Waals surface area contributed by atoms with Crippen LogP contribution in [0.5, 0.6) is 5.75 Å². The van der Waals surface area contributed by atoms with Gasteiger partial charge < -0.3 is 20.7 Å². The minimum atomic E-state index is -0.0362. The minimum Gasteiger partial charge on any atom is -0.497 e. The molecule has 0 saturated heterocycles. The lowest BCUT2D eigenvalue weighted by atomic mass is 10.1. The summed E-state index contributed by atoms with van der Waals surface area (Å²) in [6, 6.07) is 15.9. The van der Waals surface area contributed by atoms with Crippen molar-refractivity contribution in [2.75, 3.05) is 25.5 Å². The highest BCUT2D eigenvalue weighted by Crippen LogP contribution is 2.12. The number of halogens is 1. The third kappa shape index (κ3) is 9.02. The highest BCUT2D eigenvalue weighted by atomic mass is 127. The number of methoxy groups -OCH3 is 1. The van der Waals surface area contributed by atoms with Crippen molar-refractivity contribution in [1.82, 2.24) is 10.6 Å². The molecule has 0 spiro atoms. The van der Waals surface area contributed by atoms with Gasteiger partial charge in [-0.05, 0) is 48.7 Å². The molecule has 0 unspecified atom stereocenters. The fourth-order valence-corrected chi connectivity index (χ4v) is 2.61. The number of nitrogens with zero attached hydrogens (tertiary/aromatic N) is 1. The Morgan fingerprint density at radius 1 is 1.00 bits per heavy atom. The maximum Gasteiger partial charge on any atom is 0.226 e. The van der Waals surface area contributed by atoms with Gasteiger partial charge in [0.05, 0.1) is 13.7 Å². The summed E-state index contributed by atoms with van der Waals surface area (Å²) in [5, 5.41) is 9.53. The summed E-state index contributed by atoms with van der Waals surface area (Å²) < 4.78 is 5.19. The fourth-order valence-electron chi connectivity index (χ4n) is 2.61. The summed E-state index contributed by atoms with van der Waals surface area (Å²) in [4.78, 5) is 16.4. The predicted octanol–water partition coefficient (Wildman–Crippen LogP) is 4.21. The van der Waals surface area contributed by atoms with E-state index in [0.717, 1.165) is 42.5 Å². The molecule has 2 aromatic carbocycles. The molecule has 0 atom stereocenters. The number of nitrogens with one attached hydrogen (secondary N) is 3. The smallest absolute Gasteiger partial charge is 0.226 e. The number of ether oxygens (including phenoxy) is 1. The zero-order valence-corrected chi connectivity index (χ0v) is 20.5. The SMILES string of the molecule is CCNC(=NCc1ccc(NC(=O)C(C)C)cc1)NCCc1ccc(OC)cc1.I. The Bertz CT molecular complexity index is 790. The summed E-state index contributed by atoms with van der Waals surface area (Å²) >= 11 is 0. The van der Waals surface area contributed by atoms with Crippen LogP contribution in [0, 0.1) is 5.92 Å². The van der Waals surface area contributed by atoms with E-state index in [0.29, 0.717) is 6.54 Å². The van der Waals surface area contributed by atoms with E-state index in [2.05, 4.69) is 33.1 Å². The molecule has 0 aliphatic carbocycles. The molecule has 1 amide bonds. The first-order valence-electron chi connectivity index (χ1n) is 10.1. The van der Waals surface area contributed by atoms with Gasteiger partial charge >= 0.3 is 0 Å². The molecule has 0 fully saturated rings. The molecular formula is C23H33IN4O2. The van der Waals surface area contributed by atoms with E-state index in [-0.39, 0.29) is 35.8 Å². The van der Waals surface area contributed by atoms with Crippen LogP contribution in [0.4, 0.5) is 5.69 Å². The second-order valence-electron chi connectivity index (χ2n) is 7.06. The molecule has 0 aliphatic heterocycles. The van der Waals surface area contributed by atoms with Crippen LogP contribution >= 0.6 is 24.0 Å². The molecule has 30 heavy (non-hydrogen) atoms. The van der Waals surface area contributed by atoms with Crippen molar-refractivity contribution in [3.05, 3.63) is 59.7 Å². The summed E-state index contributed by atoms with van der Waals surface area (Å²) in [6.45, 7) is 7.96. The van der Waals surface area contributed by atoms with Gasteiger partial charge in [-0.15, -0.1) is 24.0 Å². The van der Waals surface area contributed by atoms with Crippen molar-refractivity contribution in [2.24, 2.45) is 10.9 Å². The molecule has 6 nitrogen and oxygen atoms in total. The van der Waals surface area contributed by atoms with E-state index < -0.39 is 0 Å². The first-order chi connectivity index (χ1) is 14.0. The van der Waals surface area contributed by atoms with Crippen LogP contribution < -0.4 is 20.7 Å². The standard InChI is InChI=1S/C23H32N4O2.HI/c1-5-24-23(25-15-14-18-8-12-21(29-4)13-9-18)26-16-19-6-10-20(11-7-19)27-22(28)17(2)3;/h6-13,17H,5,14-16H2,1-4H3,(H,27,28)(H2,24,25,26);1H. The average molecular weight is 524 g/mol. The van der Waals surface area contributed by atoms with Crippen LogP contribution in [0.1, 0.15) is 31.9 Å². The third-order valence-electron chi connectivity index (χ3n) is 4.37. The largest absolute Gasteiger partial charge is 0.497 e. The number of hydrogen-bond donors (Lipinski definition) is 3. The Hall–Kier alpha value is -2.29. The van der Waals surface area contributed by atoms with Gasteiger partial charge in [0.1, 0.15) is 5.75 Å². The van der Waals surface area contributed by atoms with Gasteiger partial charge in [0.25, 0.3) is 0 Å². The fraction of sp³-hybridized carbons (Fsp3) is 0.391. The summed E-state index contributed by atoms with van der Waals surface area (Å²) in [5.74, 6) is 1.64. The summed E-state index contributed by atoms with van der Waals surface area (Å²) in [7, 11) is 1.67. The highest BCUT2D eigenvalue weighted by molar-refractivity contribution is 14.0. The van der Waals surface area contributed by atoms with E-state index in [9.17, 15) is 4.79 Å². The molecule has 0 aromatic heterocycles. The number of aliphatic imine (C=N–C) groups is 1. The van der Waals surface area contributed by atoms with Crippen LogP contribution in [0.3, 0.4) is 0 Å². The molecule has 0 aliphatic rings. The number of amides is 1. The number of hydrogen-bond acceptors (Lipinski definition) is 3. The zero-order chi connectivity index (χ0) is 21.1. The predicted molar refractivity (Wildman–Crippen MR) is 135 cm³/mol. The van der Waals surface area contributed by atoms with E-state index in [1.54, 1.807) is 7.11 Å². The van der Waals surface area contributed by atoms with E-state index in [4.69, 9.17) is 4.74 Å². The molecular weight excluding hydrogens is 491 g/mol. The Kier molecular flexibility index (Phi) is 11.9. The second kappa shape index (κ2) is 13.8. The van der Waals surface area contributed by atoms with Gasteiger partial charge in [0.2, 0.25) is 5.91 Å². The van der Waals surface area contributed by atoms with Gasteiger partial charge in [0, 0.05) is 24.7 Å². The Morgan fingerprint density at radius 3 is 2.20 bits per heavy atom. The van der Waals surface area contributed by atoms with Crippen molar-refractivity contribution in [3.63, 3.8) is 0 Å². The van der Waals surface area contributed by atoms with Crippen LogP contribution in [0.25, 0.3) is 0 Å². The molecule has 0 bridgehead atoms. The zero-order valence-electron chi connectivity index (χ0n) is 18.2. The number of carbonyl (C=O) groups is 1. The molecule has 2 aromatic rings. The molecule has 0 radical (unpaired) electrons. The maximum atomic E-state index is 11.8. The Morgan fingerprint density at radius 2 is 1.63 bits per heavy atom. The number of rotatable bonds is 9. The number of benzene rings is 2. The molecule has 0 saturated carbocycles. The van der Waals surface area contributed by atoms with Crippen LogP contribution in [0.2, 0.25) is 0 Å². The van der Waals surface area contributed by atoms with Crippen LogP contribution in [-0.2, 0) is 17.8 Å². The van der Waals surface area contributed by atoms with E-state index >= 15 is 0 Å². The topological polar surface area (TPSA) is 74.8 Å². The number of guanidine groups is 1. The molecule has 0 heterocycles. The van der Waals surface area contributed by atoms with Crippen LogP contribution in [0.15, 0.2) is 53.5 Å². The van der Waals surface area contributed by atoms with Crippen molar-refractivity contribution in [3.8, 4) is 5.75 Å². The number of carbonyl (C=O) groups excluding carboxylic acids is 1. The molecule has 164 valence electrons. The van der Waals surface area contributed by atoms with Crippen molar-refractivity contribution in [1.29, 1.82) is 0 Å². The van der Waals surface area contributed by atoms with Crippen molar-refractivity contribution < 1.29 is 9.53 Å². The summed E-state index contributed by atoms with van der Waals surface area (Å²) in [5.41, 5.74) is 3.13. The van der Waals surface area contributed by atoms with Gasteiger partial charge in [-0.1, -0.05) is 38.1 Å². The average Bonchev–Trinajstić information content (AvgIpc) is 2.73. The van der Waals surface area contributed by atoms with Crippen molar-refractivity contribution >= 4 is 41.5 Å². The lowest BCUT2D eigenvalue weighted by Crippen LogP contribution is -2.38. The molecule has 3 N–H and O–H groups in total. The second-order valence-corrected chi connectivity index (χ2v) is 7.06. The normalized spacial score (nSPS) is 10.9. The lowest BCUT2D eigenvalue weighted by molar-refractivity contribution is -0.118. The minimum absolute atomic E-state index is 0. The van der Waals surface area contributed by atoms with Crippen molar-refractivity contribution in [2.45, 2.75) is 33.7 Å². The van der Waals surface area contributed by atoms with E-state index in [1.807, 2.05) is 57.2 Å². The molecule has 7 heteroatoms. The monoisotopic (exact) mass is 524 g/mol. The third-order valence-corrected chi connectivity index (χ3v) is 4.37. The Balaban J connectivity index is 0.00000450. The van der Waals surface area contributed by atoms with Gasteiger partial charge in [-0.25, -0.2) is 4.99 Å². The van der Waals surface area contributed by atoms with Gasteiger partial charge in [-0.3, -0.25) is 4.79 Å². The quantitative estimate of drug-likeness (QED) is 0.261. The first-order valence-corrected chi connectivity index (χ1v) is 10.1. The highest BCUT2D eigenvalue weighted by Gasteiger charge is 2.06. The van der Waals surface area contributed by atoms with E-state index in [1.165, 1.54) is 5.56 Å². The van der Waals surface area contributed by atoms with Crippen LogP contribution in [-0.4, -0.2) is 32.1 Å². The van der Waals surface area contributed by atoms with Gasteiger partial charge in [0.15, 0.2) is 5.96 Å². The number of anilines is 1. The first kappa shape index (κ1) is 25.7.